The maximum Gasteiger partial charge on any atom is 0.255 e. The Balaban J connectivity index is 2.11. The first kappa shape index (κ1) is 16.7. The van der Waals surface area contributed by atoms with Crippen molar-refractivity contribution in [2.24, 2.45) is 5.92 Å². The van der Waals surface area contributed by atoms with Crippen LogP contribution in [0.4, 0.5) is 5.69 Å². The van der Waals surface area contributed by atoms with E-state index in [9.17, 15) is 9.59 Å². The molecular weight excluding hydrogens is 292 g/mol. The standard InChI is InChI=1S/C18H20N2O3/c1-13(12-21)11-19-18(23)15-9-5-6-10-16(15)20-17(22)14-7-3-2-4-8-14/h2-10,13,21H,11-12H2,1H3,(H,19,23)(H,20,22). The molecule has 2 amide bonds. The number of aliphatic hydroxyl groups excluding tert-OH is 1. The SMILES string of the molecule is CC(CO)CNC(=O)c1ccccc1NC(=O)c1ccccc1. The van der Waals surface area contributed by atoms with E-state index in [4.69, 9.17) is 5.11 Å². The van der Waals surface area contributed by atoms with Crippen molar-refractivity contribution in [3.63, 3.8) is 0 Å². The van der Waals surface area contributed by atoms with Crippen molar-refractivity contribution in [1.29, 1.82) is 0 Å². The van der Waals surface area contributed by atoms with Gasteiger partial charge in [0.1, 0.15) is 0 Å². The second kappa shape index (κ2) is 8.10. The molecule has 5 heteroatoms. The molecule has 1 unspecified atom stereocenters. The molecule has 0 fully saturated rings. The molecule has 0 aromatic heterocycles. The van der Waals surface area contributed by atoms with Gasteiger partial charge in [0, 0.05) is 18.7 Å². The van der Waals surface area contributed by atoms with Crippen molar-refractivity contribution in [1.82, 2.24) is 5.32 Å². The highest BCUT2D eigenvalue weighted by atomic mass is 16.3. The Kier molecular flexibility index (Phi) is 5.88. The first-order valence-corrected chi connectivity index (χ1v) is 7.46. The summed E-state index contributed by atoms with van der Waals surface area (Å²) in [4.78, 5) is 24.5. The van der Waals surface area contributed by atoms with Crippen LogP contribution in [0.2, 0.25) is 0 Å². The molecular formula is C18H20N2O3. The molecule has 23 heavy (non-hydrogen) atoms. The topological polar surface area (TPSA) is 78.4 Å². The maximum atomic E-state index is 12.3. The molecule has 0 heterocycles. The highest BCUT2D eigenvalue weighted by molar-refractivity contribution is 6.08. The molecule has 0 radical (unpaired) electrons. The summed E-state index contributed by atoms with van der Waals surface area (Å²) in [5.74, 6) is -0.575. The Bertz CT molecular complexity index is 671. The number of hydrogen-bond acceptors (Lipinski definition) is 3. The van der Waals surface area contributed by atoms with Crippen LogP contribution >= 0.6 is 0 Å². The Morgan fingerprint density at radius 3 is 2.35 bits per heavy atom. The summed E-state index contributed by atoms with van der Waals surface area (Å²) in [6.45, 7) is 2.21. The van der Waals surface area contributed by atoms with Gasteiger partial charge in [0.2, 0.25) is 0 Å². The van der Waals surface area contributed by atoms with Crippen LogP contribution in [0.25, 0.3) is 0 Å². The third-order valence-corrected chi connectivity index (χ3v) is 3.38. The smallest absolute Gasteiger partial charge is 0.255 e. The molecule has 2 rings (SSSR count). The Hall–Kier alpha value is -2.66. The molecule has 120 valence electrons. The van der Waals surface area contributed by atoms with Crippen molar-refractivity contribution in [2.75, 3.05) is 18.5 Å². The number of benzene rings is 2. The molecule has 5 nitrogen and oxygen atoms in total. The number of amides is 2. The van der Waals surface area contributed by atoms with E-state index < -0.39 is 0 Å². The number of carbonyl (C=O) groups excluding carboxylic acids is 2. The van der Waals surface area contributed by atoms with Crippen molar-refractivity contribution >= 4 is 17.5 Å². The molecule has 3 N–H and O–H groups in total. The van der Waals surface area contributed by atoms with Crippen LogP contribution in [0.1, 0.15) is 27.6 Å². The summed E-state index contributed by atoms with van der Waals surface area (Å²) in [7, 11) is 0. The average molecular weight is 312 g/mol. The van der Waals surface area contributed by atoms with E-state index in [0.717, 1.165) is 0 Å². The zero-order valence-corrected chi connectivity index (χ0v) is 13.0. The van der Waals surface area contributed by atoms with Gasteiger partial charge in [-0.05, 0) is 30.2 Å². The number of aliphatic hydroxyl groups is 1. The highest BCUT2D eigenvalue weighted by Crippen LogP contribution is 2.16. The third kappa shape index (κ3) is 4.66. The molecule has 0 saturated carbocycles. The van der Waals surface area contributed by atoms with Gasteiger partial charge in [-0.1, -0.05) is 37.3 Å². The quantitative estimate of drug-likeness (QED) is 0.766. The van der Waals surface area contributed by atoms with Crippen LogP contribution in [-0.2, 0) is 0 Å². The van der Waals surface area contributed by atoms with Gasteiger partial charge in [0.05, 0.1) is 11.3 Å². The molecule has 0 saturated heterocycles. The fourth-order valence-electron chi connectivity index (χ4n) is 2.00. The number of anilines is 1. The van der Waals surface area contributed by atoms with Crippen LogP contribution in [0.5, 0.6) is 0 Å². The lowest BCUT2D eigenvalue weighted by Crippen LogP contribution is -2.30. The normalized spacial score (nSPS) is 11.6. The van der Waals surface area contributed by atoms with Crippen LogP contribution in [-0.4, -0.2) is 30.1 Å². The monoisotopic (exact) mass is 312 g/mol. The predicted molar refractivity (Wildman–Crippen MR) is 89.4 cm³/mol. The van der Waals surface area contributed by atoms with E-state index >= 15 is 0 Å². The van der Waals surface area contributed by atoms with Gasteiger partial charge in [-0.2, -0.15) is 0 Å². The van der Waals surface area contributed by atoms with E-state index in [-0.39, 0.29) is 24.3 Å². The van der Waals surface area contributed by atoms with Crippen molar-refractivity contribution in [2.45, 2.75) is 6.92 Å². The van der Waals surface area contributed by atoms with Crippen molar-refractivity contribution in [3.8, 4) is 0 Å². The molecule has 0 aliphatic rings. The Morgan fingerprint density at radius 1 is 1.00 bits per heavy atom. The number of para-hydroxylation sites is 1. The van der Waals surface area contributed by atoms with E-state index in [2.05, 4.69) is 10.6 Å². The summed E-state index contributed by atoms with van der Waals surface area (Å²) in [5.41, 5.74) is 1.37. The molecule has 0 aliphatic heterocycles. The number of rotatable bonds is 6. The lowest BCUT2D eigenvalue weighted by Gasteiger charge is -2.13. The largest absolute Gasteiger partial charge is 0.396 e. The minimum Gasteiger partial charge on any atom is -0.396 e. The van der Waals surface area contributed by atoms with Crippen molar-refractivity contribution in [3.05, 3.63) is 65.7 Å². The first-order chi connectivity index (χ1) is 11.1. The van der Waals surface area contributed by atoms with Gasteiger partial charge in [-0.3, -0.25) is 9.59 Å². The van der Waals surface area contributed by atoms with Crippen LogP contribution < -0.4 is 10.6 Å². The van der Waals surface area contributed by atoms with Crippen LogP contribution in [0.15, 0.2) is 54.6 Å². The van der Waals surface area contributed by atoms with Gasteiger partial charge in [0.25, 0.3) is 11.8 Å². The van der Waals surface area contributed by atoms with Gasteiger partial charge in [0.15, 0.2) is 0 Å². The minimum atomic E-state index is -0.283. The fraction of sp³-hybridized carbons (Fsp3) is 0.222. The first-order valence-electron chi connectivity index (χ1n) is 7.46. The summed E-state index contributed by atoms with van der Waals surface area (Å²) in [5, 5.41) is 14.5. The molecule has 2 aromatic rings. The third-order valence-electron chi connectivity index (χ3n) is 3.38. The molecule has 1 atom stereocenters. The van der Waals surface area contributed by atoms with Gasteiger partial charge >= 0.3 is 0 Å². The number of carbonyl (C=O) groups is 2. The van der Waals surface area contributed by atoms with E-state index in [0.29, 0.717) is 23.4 Å². The van der Waals surface area contributed by atoms with E-state index in [1.165, 1.54) is 0 Å². The van der Waals surface area contributed by atoms with Crippen LogP contribution in [0.3, 0.4) is 0 Å². The summed E-state index contributed by atoms with van der Waals surface area (Å²) in [6.07, 6.45) is 0. The van der Waals surface area contributed by atoms with Gasteiger partial charge in [-0.25, -0.2) is 0 Å². The van der Waals surface area contributed by atoms with Crippen LogP contribution in [0, 0.1) is 5.92 Å². The second-order valence-corrected chi connectivity index (χ2v) is 5.36. The summed E-state index contributed by atoms with van der Waals surface area (Å²) >= 11 is 0. The lowest BCUT2D eigenvalue weighted by atomic mass is 10.1. The Morgan fingerprint density at radius 2 is 1.65 bits per heavy atom. The zero-order chi connectivity index (χ0) is 16.7. The van der Waals surface area contributed by atoms with E-state index in [1.807, 2.05) is 13.0 Å². The van der Waals surface area contributed by atoms with Crippen molar-refractivity contribution < 1.29 is 14.7 Å². The molecule has 0 aliphatic carbocycles. The Labute approximate surface area is 135 Å². The second-order valence-electron chi connectivity index (χ2n) is 5.36. The lowest BCUT2D eigenvalue weighted by molar-refractivity contribution is 0.0943. The van der Waals surface area contributed by atoms with Gasteiger partial charge < -0.3 is 15.7 Å². The molecule has 0 spiro atoms. The number of hydrogen-bond donors (Lipinski definition) is 3. The zero-order valence-electron chi connectivity index (χ0n) is 13.0. The fourth-order valence-corrected chi connectivity index (χ4v) is 2.00. The highest BCUT2D eigenvalue weighted by Gasteiger charge is 2.14. The molecule has 0 bridgehead atoms. The molecule has 2 aromatic carbocycles. The number of nitrogens with one attached hydrogen (secondary N) is 2. The summed E-state index contributed by atoms with van der Waals surface area (Å²) < 4.78 is 0. The van der Waals surface area contributed by atoms with E-state index in [1.54, 1.807) is 48.5 Å². The predicted octanol–water partition coefficient (Wildman–Crippen LogP) is 2.30. The maximum absolute atomic E-state index is 12.3. The van der Waals surface area contributed by atoms with Gasteiger partial charge in [-0.15, -0.1) is 0 Å². The summed E-state index contributed by atoms with van der Waals surface area (Å²) in [6, 6.07) is 15.6. The average Bonchev–Trinajstić information content (AvgIpc) is 2.60. The minimum absolute atomic E-state index is 0.00662.